The fourth-order valence-electron chi connectivity index (χ4n) is 12.0. The van der Waals surface area contributed by atoms with Crippen molar-refractivity contribution in [3.63, 3.8) is 0 Å². The number of aliphatic hydroxyl groups is 11. The number of carbonyl (C=O) groups is 1. The van der Waals surface area contributed by atoms with Crippen LogP contribution in [0.2, 0.25) is 0 Å². The van der Waals surface area contributed by atoms with Crippen molar-refractivity contribution >= 4 is 5.91 Å². The molecule has 87 heavy (non-hydrogen) atoms. The molecule has 3 fully saturated rings. The van der Waals surface area contributed by atoms with Crippen LogP contribution in [-0.4, -0.2) is 193 Å². The monoisotopic (exact) mass is 1250 g/mol. The largest absolute Gasteiger partial charge is 0.394 e. The molecule has 3 aliphatic rings. The molecule has 3 saturated heterocycles. The van der Waals surface area contributed by atoms with Gasteiger partial charge in [0.2, 0.25) is 5.91 Å². The first kappa shape index (κ1) is 79.5. The second-order valence-electron chi connectivity index (χ2n) is 25.3. The van der Waals surface area contributed by atoms with E-state index in [1.807, 2.05) is 6.08 Å². The molecule has 17 unspecified atom stereocenters. The van der Waals surface area contributed by atoms with Gasteiger partial charge >= 0.3 is 0 Å². The summed E-state index contributed by atoms with van der Waals surface area (Å²) < 4.78 is 34.3. The van der Waals surface area contributed by atoms with Crippen molar-refractivity contribution in [1.29, 1.82) is 0 Å². The van der Waals surface area contributed by atoms with Crippen molar-refractivity contribution in [2.45, 2.75) is 375 Å². The summed E-state index contributed by atoms with van der Waals surface area (Å²) in [4.78, 5) is 13.3. The van der Waals surface area contributed by atoms with E-state index in [2.05, 4.69) is 31.3 Å². The first-order valence-corrected chi connectivity index (χ1v) is 35.1. The topological polar surface area (TPSA) is 307 Å². The van der Waals surface area contributed by atoms with Crippen molar-refractivity contribution in [1.82, 2.24) is 5.32 Å². The quantitative estimate of drug-likeness (QED) is 0.0200. The molecule has 12 N–H and O–H groups in total. The highest BCUT2D eigenvalue weighted by Gasteiger charge is 2.53. The SMILES string of the molecule is CCCCCC/C=C\CCCCCCCC(=O)NC(COC1OC(CO)C(OC2OC(CO)C(OC3OC(CO)C(O)C(O)C3O)C(O)C2O)C(O)C1O)C(O)/C=C/CCCCCCCCCCCCCCCCCCCCCCCCCCCCC. The number of hydrogen-bond acceptors (Lipinski definition) is 18. The van der Waals surface area contributed by atoms with Gasteiger partial charge in [-0.25, -0.2) is 0 Å². The average Bonchev–Trinajstić information content (AvgIpc) is 2.79. The van der Waals surface area contributed by atoms with Crippen LogP contribution in [0.4, 0.5) is 0 Å². The van der Waals surface area contributed by atoms with Gasteiger partial charge in [0.15, 0.2) is 18.9 Å². The van der Waals surface area contributed by atoms with Crippen LogP contribution >= 0.6 is 0 Å². The highest BCUT2D eigenvalue weighted by Crippen LogP contribution is 2.33. The van der Waals surface area contributed by atoms with E-state index in [-0.39, 0.29) is 18.9 Å². The molecule has 19 nitrogen and oxygen atoms in total. The van der Waals surface area contributed by atoms with Gasteiger partial charge in [-0.05, 0) is 44.9 Å². The molecule has 17 atom stereocenters. The Morgan fingerprint density at radius 1 is 0.402 bits per heavy atom. The third-order valence-electron chi connectivity index (χ3n) is 17.7. The molecule has 19 heteroatoms. The van der Waals surface area contributed by atoms with Gasteiger partial charge in [0.1, 0.15) is 73.2 Å². The molecule has 1 amide bonds. The Hall–Kier alpha value is -1.73. The van der Waals surface area contributed by atoms with E-state index in [1.165, 1.54) is 180 Å². The number of rotatable bonds is 54. The highest BCUT2D eigenvalue weighted by molar-refractivity contribution is 5.76. The summed E-state index contributed by atoms with van der Waals surface area (Å²) in [5.74, 6) is -0.283. The van der Waals surface area contributed by atoms with Crippen molar-refractivity contribution in [3.8, 4) is 0 Å². The van der Waals surface area contributed by atoms with Gasteiger partial charge in [-0.2, -0.15) is 0 Å². The zero-order valence-electron chi connectivity index (χ0n) is 54.0. The molecular formula is C68H127NO18. The number of allylic oxidation sites excluding steroid dienone is 3. The number of nitrogens with one attached hydrogen (secondary N) is 1. The summed E-state index contributed by atoms with van der Waals surface area (Å²) in [6, 6.07) is -0.975. The van der Waals surface area contributed by atoms with E-state index < -0.39 is 124 Å². The van der Waals surface area contributed by atoms with Crippen LogP contribution in [0.3, 0.4) is 0 Å². The second-order valence-corrected chi connectivity index (χ2v) is 25.3. The number of amides is 1. The van der Waals surface area contributed by atoms with E-state index in [4.69, 9.17) is 28.4 Å². The molecule has 0 radical (unpaired) electrons. The number of hydrogen-bond donors (Lipinski definition) is 12. The van der Waals surface area contributed by atoms with E-state index in [0.717, 1.165) is 64.2 Å². The van der Waals surface area contributed by atoms with Crippen LogP contribution in [0.5, 0.6) is 0 Å². The Morgan fingerprint density at radius 2 is 0.724 bits per heavy atom. The van der Waals surface area contributed by atoms with Crippen molar-refractivity contribution in [2.24, 2.45) is 0 Å². The fraction of sp³-hybridized carbons (Fsp3) is 0.926. The number of ether oxygens (including phenoxy) is 6. The molecule has 0 saturated carbocycles. The molecule has 3 heterocycles. The lowest BCUT2D eigenvalue weighted by Gasteiger charge is -2.48. The highest BCUT2D eigenvalue weighted by atomic mass is 16.8. The van der Waals surface area contributed by atoms with E-state index in [9.17, 15) is 61.0 Å². The van der Waals surface area contributed by atoms with Crippen LogP contribution in [0.25, 0.3) is 0 Å². The van der Waals surface area contributed by atoms with Gasteiger partial charge in [0.05, 0.1) is 38.6 Å². The number of unbranched alkanes of at least 4 members (excludes halogenated alkanes) is 36. The molecule has 0 aromatic rings. The minimum absolute atomic E-state index is 0.235. The van der Waals surface area contributed by atoms with Crippen LogP contribution in [0.15, 0.2) is 24.3 Å². The molecule has 512 valence electrons. The average molecular weight is 1250 g/mol. The smallest absolute Gasteiger partial charge is 0.220 e. The Bertz CT molecular complexity index is 1680. The molecule has 3 rings (SSSR count). The van der Waals surface area contributed by atoms with Gasteiger partial charge < -0.3 is 89.9 Å². The lowest BCUT2D eigenvalue weighted by atomic mass is 9.96. The fourth-order valence-corrected chi connectivity index (χ4v) is 12.0. The lowest BCUT2D eigenvalue weighted by molar-refractivity contribution is -0.379. The molecule has 0 aromatic carbocycles. The van der Waals surface area contributed by atoms with Crippen LogP contribution in [-0.2, 0) is 33.2 Å². The van der Waals surface area contributed by atoms with E-state index >= 15 is 0 Å². The summed E-state index contributed by atoms with van der Waals surface area (Å²) in [6.45, 7) is 1.73. The first-order chi connectivity index (χ1) is 42.3. The van der Waals surface area contributed by atoms with Gasteiger partial charge in [-0.3, -0.25) is 4.79 Å². The normalized spacial score (nSPS) is 28.7. The van der Waals surface area contributed by atoms with Crippen LogP contribution in [0.1, 0.15) is 271 Å². The van der Waals surface area contributed by atoms with Gasteiger partial charge in [-0.1, -0.05) is 244 Å². The van der Waals surface area contributed by atoms with Gasteiger partial charge in [0, 0.05) is 6.42 Å². The van der Waals surface area contributed by atoms with Crippen molar-refractivity contribution in [3.05, 3.63) is 24.3 Å². The third kappa shape index (κ3) is 33.1. The van der Waals surface area contributed by atoms with Crippen molar-refractivity contribution < 1.29 is 89.4 Å². The number of aliphatic hydroxyl groups excluding tert-OH is 11. The summed E-state index contributed by atoms with van der Waals surface area (Å²) in [5, 5.41) is 120. The Morgan fingerprint density at radius 3 is 1.13 bits per heavy atom. The zero-order chi connectivity index (χ0) is 63.3. The summed E-state index contributed by atoms with van der Waals surface area (Å²) in [6.07, 6.45) is 30.3. The molecule has 0 bridgehead atoms. The number of carbonyl (C=O) groups excluding carboxylic acids is 1. The Kier molecular flexibility index (Phi) is 46.4. The summed E-state index contributed by atoms with van der Waals surface area (Å²) >= 11 is 0. The van der Waals surface area contributed by atoms with Gasteiger partial charge in [0.25, 0.3) is 0 Å². The molecule has 0 spiro atoms. The van der Waals surface area contributed by atoms with E-state index in [0.29, 0.717) is 6.42 Å². The predicted molar refractivity (Wildman–Crippen MR) is 337 cm³/mol. The minimum atomic E-state index is -1.98. The Labute approximate surface area is 524 Å². The lowest BCUT2D eigenvalue weighted by Crippen LogP contribution is -2.66. The zero-order valence-corrected chi connectivity index (χ0v) is 54.0. The van der Waals surface area contributed by atoms with Crippen LogP contribution in [0, 0.1) is 0 Å². The first-order valence-electron chi connectivity index (χ1n) is 35.1. The van der Waals surface area contributed by atoms with Crippen LogP contribution < -0.4 is 5.32 Å². The minimum Gasteiger partial charge on any atom is -0.394 e. The van der Waals surface area contributed by atoms with Gasteiger partial charge in [-0.15, -0.1) is 0 Å². The maximum atomic E-state index is 13.3. The standard InChI is InChI=1S/C68H127NO18/c1-3-5-7-9-11-13-15-17-18-19-20-21-22-23-24-25-26-27-28-29-30-31-32-34-35-37-39-41-43-45-52(73)51(69-56(74)46-44-42-40-38-36-33-16-14-12-10-8-6-4-2)50-82-66-62(80)59(77)64(54(48-71)84-66)87-68-63(81)60(78)65(55(49-72)85-68)86-67-61(79)58(76)57(75)53(47-70)83-67/h14,16,43,45,51-55,57-68,70-73,75-81H,3-13,15,17-42,44,46-50H2,1-2H3,(H,69,74)/b16-14-,45-43+. The molecular weight excluding hydrogens is 1120 g/mol. The maximum absolute atomic E-state index is 13.3. The second kappa shape index (κ2) is 50.8. The Balaban J connectivity index is 1.40. The van der Waals surface area contributed by atoms with E-state index in [1.54, 1.807) is 6.08 Å². The maximum Gasteiger partial charge on any atom is 0.220 e. The summed E-state index contributed by atoms with van der Waals surface area (Å²) in [7, 11) is 0. The summed E-state index contributed by atoms with van der Waals surface area (Å²) in [5.41, 5.74) is 0. The molecule has 0 aromatic heterocycles. The molecule has 0 aliphatic carbocycles. The van der Waals surface area contributed by atoms with Crippen molar-refractivity contribution in [2.75, 3.05) is 26.4 Å². The predicted octanol–water partition coefficient (Wildman–Crippen LogP) is 9.05. The molecule has 3 aliphatic heterocycles. The third-order valence-corrected chi connectivity index (χ3v) is 17.7.